The van der Waals surface area contributed by atoms with Crippen LogP contribution in [0.15, 0.2) is 24.3 Å². The highest BCUT2D eigenvalue weighted by Crippen LogP contribution is 2.29. The second-order valence-electron chi connectivity index (χ2n) is 8.29. The van der Waals surface area contributed by atoms with E-state index >= 15 is 0 Å². The minimum absolute atomic E-state index is 0.00866. The molecule has 1 aliphatic carbocycles. The number of carbonyl (C=O) groups is 3. The fourth-order valence-corrected chi connectivity index (χ4v) is 4.77. The van der Waals surface area contributed by atoms with Crippen LogP contribution in [0.4, 0.5) is 0 Å². The zero-order valence-electron chi connectivity index (χ0n) is 16.5. The molecule has 0 bridgehead atoms. The molecule has 0 radical (unpaired) electrons. The van der Waals surface area contributed by atoms with Crippen LogP contribution < -0.4 is 5.32 Å². The van der Waals surface area contributed by atoms with Gasteiger partial charge in [0.25, 0.3) is 5.91 Å². The van der Waals surface area contributed by atoms with Gasteiger partial charge in [-0.15, -0.1) is 0 Å². The smallest absolute Gasteiger partial charge is 0.253 e. The monoisotopic (exact) mass is 394 g/mol. The molecule has 1 aromatic carbocycles. The van der Waals surface area contributed by atoms with E-state index in [0.29, 0.717) is 30.1 Å². The summed E-state index contributed by atoms with van der Waals surface area (Å²) >= 11 is 0. The highest BCUT2D eigenvalue weighted by atomic mass is 16.2. The van der Waals surface area contributed by atoms with Crippen molar-refractivity contribution in [1.82, 2.24) is 15.1 Å². The van der Waals surface area contributed by atoms with Crippen LogP contribution in [0.2, 0.25) is 0 Å². The maximum atomic E-state index is 13.0. The Morgan fingerprint density at radius 1 is 1.10 bits per heavy atom. The number of nitrogens with zero attached hydrogens (tertiary/aromatic N) is 3. The van der Waals surface area contributed by atoms with Crippen LogP contribution in [0.1, 0.15) is 54.4 Å². The van der Waals surface area contributed by atoms with Gasteiger partial charge in [-0.3, -0.25) is 14.4 Å². The molecule has 1 N–H and O–H groups in total. The van der Waals surface area contributed by atoms with Crippen molar-refractivity contribution in [3.05, 3.63) is 35.4 Å². The summed E-state index contributed by atoms with van der Waals surface area (Å²) < 4.78 is 0. The lowest BCUT2D eigenvalue weighted by Crippen LogP contribution is -2.69. The van der Waals surface area contributed by atoms with Crippen LogP contribution in [0.3, 0.4) is 0 Å². The number of rotatable bonds is 3. The van der Waals surface area contributed by atoms with Gasteiger partial charge in [0.2, 0.25) is 11.8 Å². The second kappa shape index (κ2) is 8.24. The van der Waals surface area contributed by atoms with Crippen molar-refractivity contribution >= 4 is 17.7 Å². The summed E-state index contributed by atoms with van der Waals surface area (Å²) in [6.45, 7) is 0.983. The van der Waals surface area contributed by atoms with Crippen molar-refractivity contribution < 1.29 is 14.4 Å². The van der Waals surface area contributed by atoms with Gasteiger partial charge in [-0.05, 0) is 36.6 Å². The molecule has 3 aliphatic rings. The van der Waals surface area contributed by atoms with Gasteiger partial charge in [-0.2, -0.15) is 5.26 Å². The van der Waals surface area contributed by atoms with Crippen molar-refractivity contribution in [3.63, 3.8) is 0 Å². The molecule has 1 aromatic rings. The Kier molecular flexibility index (Phi) is 5.52. The first-order chi connectivity index (χ1) is 14.1. The third-order valence-electron chi connectivity index (χ3n) is 6.42. The SMILES string of the molecule is N#Cc1ccc(C(=O)N2CCN3C(=O)[C@H](CC4CCCCC4)NC(=O)[C@H]3C2)cc1. The Morgan fingerprint density at radius 3 is 2.52 bits per heavy atom. The molecule has 2 aliphatic heterocycles. The molecule has 1 saturated carbocycles. The van der Waals surface area contributed by atoms with E-state index in [-0.39, 0.29) is 24.3 Å². The van der Waals surface area contributed by atoms with E-state index < -0.39 is 12.1 Å². The van der Waals surface area contributed by atoms with Gasteiger partial charge in [0.05, 0.1) is 18.2 Å². The average Bonchev–Trinajstić information content (AvgIpc) is 2.77. The van der Waals surface area contributed by atoms with Crippen LogP contribution in [-0.2, 0) is 9.59 Å². The molecule has 0 unspecified atom stereocenters. The predicted molar refractivity (Wildman–Crippen MR) is 106 cm³/mol. The number of nitriles is 1. The number of hydrogen-bond donors (Lipinski definition) is 1. The fourth-order valence-electron chi connectivity index (χ4n) is 4.77. The molecular formula is C22H26N4O3. The number of carbonyl (C=O) groups excluding carboxylic acids is 3. The molecule has 2 atom stereocenters. The molecule has 3 amide bonds. The second-order valence-corrected chi connectivity index (χ2v) is 8.29. The lowest BCUT2D eigenvalue weighted by Gasteiger charge is -2.45. The fraction of sp³-hybridized carbons (Fsp3) is 0.545. The van der Waals surface area contributed by atoms with Gasteiger partial charge < -0.3 is 15.1 Å². The maximum Gasteiger partial charge on any atom is 0.253 e. The molecule has 29 heavy (non-hydrogen) atoms. The van der Waals surface area contributed by atoms with E-state index in [9.17, 15) is 14.4 Å². The summed E-state index contributed by atoms with van der Waals surface area (Å²) in [5.74, 6) is 0.154. The quantitative estimate of drug-likeness (QED) is 0.844. The Morgan fingerprint density at radius 2 is 1.83 bits per heavy atom. The largest absolute Gasteiger partial charge is 0.342 e. The van der Waals surface area contributed by atoms with E-state index in [1.165, 1.54) is 19.3 Å². The van der Waals surface area contributed by atoms with Gasteiger partial charge >= 0.3 is 0 Å². The molecule has 0 aromatic heterocycles. The van der Waals surface area contributed by atoms with E-state index in [1.54, 1.807) is 34.1 Å². The predicted octanol–water partition coefficient (Wildman–Crippen LogP) is 1.68. The van der Waals surface area contributed by atoms with Gasteiger partial charge in [0, 0.05) is 18.7 Å². The third kappa shape index (κ3) is 3.98. The molecule has 7 heteroatoms. The molecule has 152 valence electrons. The standard InChI is InChI=1S/C22H26N4O3/c23-13-16-6-8-17(9-7-16)21(28)25-10-11-26-19(14-25)20(27)24-18(22(26)29)12-15-4-2-1-3-5-15/h6-9,15,18-19H,1-5,10-12,14H2,(H,24,27)/t18-,19+/m0/s1. The van der Waals surface area contributed by atoms with Gasteiger partial charge in [-0.25, -0.2) is 0 Å². The van der Waals surface area contributed by atoms with Crippen LogP contribution in [0.25, 0.3) is 0 Å². The maximum absolute atomic E-state index is 13.0. The Balaban J connectivity index is 1.41. The molecule has 0 spiro atoms. The Hall–Kier alpha value is -2.88. The first kappa shape index (κ1) is 19.4. The Labute approximate surface area is 170 Å². The normalized spacial score (nSPS) is 25.2. The van der Waals surface area contributed by atoms with Crippen molar-refractivity contribution in [2.24, 2.45) is 5.92 Å². The minimum Gasteiger partial charge on any atom is -0.342 e. The average molecular weight is 394 g/mol. The van der Waals surface area contributed by atoms with Crippen molar-refractivity contribution in [2.75, 3.05) is 19.6 Å². The van der Waals surface area contributed by atoms with E-state index in [1.807, 2.05) is 6.07 Å². The van der Waals surface area contributed by atoms with Crippen LogP contribution in [0, 0.1) is 17.2 Å². The number of nitrogens with one attached hydrogen (secondary N) is 1. The highest BCUT2D eigenvalue weighted by Gasteiger charge is 2.44. The first-order valence-electron chi connectivity index (χ1n) is 10.5. The molecule has 2 heterocycles. The van der Waals surface area contributed by atoms with E-state index in [4.69, 9.17) is 5.26 Å². The summed E-state index contributed by atoms with van der Waals surface area (Å²) in [6.07, 6.45) is 6.67. The third-order valence-corrected chi connectivity index (χ3v) is 6.42. The molecule has 3 fully saturated rings. The Bertz CT molecular complexity index is 839. The van der Waals surface area contributed by atoms with E-state index in [2.05, 4.69) is 5.32 Å². The van der Waals surface area contributed by atoms with Gasteiger partial charge in [0.15, 0.2) is 0 Å². The topological polar surface area (TPSA) is 93.5 Å². The van der Waals surface area contributed by atoms with Gasteiger partial charge in [0.1, 0.15) is 12.1 Å². The van der Waals surface area contributed by atoms with Crippen molar-refractivity contribution in [2.45, 2.75) is 50.6 Å². The number of hydrogen-bond acceptors (Lipinski definition) is 4. The van der Waals surface area contributed by atoms with Crippen LogP contribution in [0.5, 0.6) is 0 Å². The van der Waals surface area contributed by atoms with Crippen molar-refractivity contribution in [3.8, 4) is 6.07 Å². The molecule has 4 rings (SSSR count). The van der Waals surface area contributed by atoms with Crippen molar-refractivity contribution in [1.29, 1.82) is 5.26 Å². The number of benzene rings is 1. The zero-order chi connectivity index (χ0) is 20.4. The first-order valence-corrected chi connectivity index (χ1v) is 10.5. The molecule has 2 saturated heterocycles. The summed E-state index contributed by atoms with van der Waals surface area (Å²) in [7, 11) is 0. The zero-order valence-corrected chi connectivity index (χ0v) is 16.5. The minimum atomic E-state index is -0.624. The summed E-state index contributed by atoms with van der Waals surface area (Å²) in [5.41, 5.74) is 0.975. The summed E-state index contributed by atoms with van der Waals surface area (Å²) in [5, 5.41) is 11.8. The van der Waals surface area contributed by atoms with Crippen LogP contribution in [-0.4, -0.2) is 59.2 Å². The highest BCUT2D eigenvalue weighted by molar-refractivity contribution is 5.99. The molecular weight excluding hydrogens is 368 g/mol. The summed E-state index contributed by atoms with van der Waals surface area (Å²) in [4.78, 5) is 41.8. The lowest BCUT2D eigenvalue weighted by molar-refractivity contribution is -0.152. The number of piperazine rings is 2. The summed E-state index contributed by atoms with van der Waals surface area (Å²) in [6, 6.07) is 7.44. The van der Waals surface area contributed by atoms with Crippen LogP contribution >= 0.6 is 0 Å². The number of fused-ring (bicyclic) bond motifs is 1. The van der Waals surface area contributed by atoms with Gasteiger partial charge in [-0.1, -0.05) is 32.1 Å². The number of amides is 3. The van der Waals surface area contributed by atoms with E-state index in [0.717, 1.165) is 19.3 Å². The molecule has 7 nitrogen and oxygen atoms in total. The lowest BCUT2D eigenvalue weighted by atomic mass is 9.84.